The van der Waals surface area contributed by atoms with Gasteiger partial charge in [0, 0.05) is 5.56 Å². The van der Waals surface area contributed by atoms with Crippen LogP contribution in [0.3, 0.4) is 0 Å². The lowest BCUT2D eigenvalue weighted by Gasteiger charge is -2.32. The van der Waals surface area contributed by atoms with E-state index in [1.54, 1.807) is 6.92 Å². The van der Waals surface area contributed by atoms with Crippen molar-refractivity contribution < 1.29 is 31.7 Å². The second kappa shape index (κ2) is 7.39. The number of benzene rings is 2. The quantitative estimate of drug-likeness (QED) is 0.575. The Bertz CT molecular complexity index is 973. The third kappa shape index (κ3) is 4.22. The molecular formula is C21H22BF4NO3. The molecule has 9 heteroatoms. The van der Waals surface area contributed by atoms with E-state index in [2.05, 4.69) is 5.32 Å². The van der Waals surface area contributed by atoms with Gasteiger partial charge in [-0.05, 0) is 76.0 Å². The average Bonchev–Trinajstić information content (AvgIpc) is 2.84. The van der Waals surface area contributed by atoms with E-state index in [1.165, 1.54) is 18.2 Å². The maximum Gasteiger partial charge on any atom is 0.495 e. The van der Waals surface area contributed by atoms with E-state index in [0.717, 1.165) is 18.2 Å². The van der Waals surface area contributed by atoms with Crippen molar-refractivity contribution in [1.29, 1.82) is 0 Å². The van der Waals surface area contributed by atoms with Crippen LogP contribution in [0.5, 0.6) is 0 Å². The van der Waals surface area contributed by atoms with Crippen molar-refractivity contribution in [3.05, 3.63) is 58.9 Å². The summed E-state index contributed by atoms with van der Waals surface area (Å²) >= 11 is 0. The summed E-state index contributed by atoms with van der Waals surface area (Å²) in [6.07, 6.45) is -4.59. The van der Waals surface area contributed by atoms with Gasteiger partial charge in [-0.3, -0.25) is 4.79 Å². The highest BCUT2D eigenvalue weighted by Gasteiger charge is 2.52. The molecule has 4 nitrogen and oxygen atoms in total. The van der Waals surface area contributed by atoms with Crippen LogP contribution < -0.4 is 10.8 Å². The van der Waals surface area contributed by atoms with Gasteiger partial charge in [0.2, 0.25) is 0 Å². The first-order valence-corrected chi connectivity index (χ1v) is 9.35. The monoisotopic (exact) mass is 423 g/mol. The molecule has 0 bridgehead atoms. The zero-order valence-corrected chi connectivity index (χ0v) is 17.3. The number of carbonyl (C=O) groups is 1. The molecule has 1 heterocycles. The second-order valence-electron chi connectivity index (χ2n) is 8.31. The molecule has 0 radical (unpaired) electrons. The summed E-state index contributed by atoms with van der Waals surface area (Å²) < 4.78 is 65.2. The van der Waals surface area contributed by atoms with Gasteiger partial charge in [-0.25, -0.2) is 4.39 Å². The number of aryl methyl sites for hydroxylation is 1. The number of alkyl halides is 3. The molecule has 1 saturated heterocycles. The van der Waals surface area contributed by atoms with Crippen LogP contribution in [0.25, 0.3) is 0 Å². The Morgan fingerprint density at radius 2 is 1.63 bits per heavy atom. The Morgan fingerprint density at radius 3 is 2.20 bits per heavy atom. The molecule has 0 atom stereocenters. The lowest BCUT2D eigenvalue weighted by Crippen LogP contribution is -2.41. The van der Waals surface area contributed by atoms with Gasteiger partial charge in [-0.1, -0.05) is 6.07 Å². The van der Waals surface area contributed by atoms with Gasteiger partial charge in [-0.2, -0.15) is 13.2 Å². The molecule has 0 aromatic heterocycles. The van der Waals surface area contributed by atoms with E-state index in [4.69, 9.17) is 9.31 Å². The molecule has 160 valence electrons. The first-order chi connectivity index (χ1) is 13.7. The molecule has 1 amide bonds. The average molecular weight is 423 g/mol. The largest absolute Gasteiger partial charge is 0.495 e. The molecule has 30 heavy (non-hydrogen) atoms. The Kier molecular flexibility index (Phi) is 5.49. The summed E-state index contributed by atoms with van der Waals surface area (Å²) in [5, 5.41) is 2.35. The van der Waals surface area contributed by atoms with Crippen LogP contribution in [0.2, 0.25) is 0 Å². The maximum atomic E-state index is 14.5. The lowest BCUT2D eigenvalue weighted by molar-refractivity contribution is -0.137. The maximum absolute atomic E-state index is 14.5. The molecule has 1 aliphatic rings. The zero-order chi connectivity index (χ0) is 22.5. The van der Waals surface area contributed by atoms with Crippen molar-refractivity contribution in [3.8, 4) is 0 Å². The highest BCUT2D eigenvalue weighted by atomic mass is 19.4. The molecule has 1 N–H and O–H groups in total. The van der Waals surface area contributed by atoms with E-state index in [-0.39, 0.29) is 11.3 Å². The van der Waals surface area contributed by atoms with E-state index in [1.807, 2.05) is 27.7 Å². The number of halogens is 4. The second-order valence-corrected chi connectivity index (χ2v) is 8.31. The van der Waals surface area contributed by atoms with Gasteiger partial charge in [-0.15, -0.1) is 0 Å². The number of hydrogen-bond acceptors (Lipinski definition) is 3. The molecule has 2 aromatic carbocycles. The van der Waals surface area contributed by atoms with Crippen LogP contribution in [0.15, 0.2) is 36.4 Å². The fourth-order valence-corrected chi connectivity index (χ4v) is 3.04. The molecule has 0 aliphatic carbocycles. The minimum absolute atomic E-state index is 0.173. The van der Waals surface area contributed by atoms with Crippen molar-refractivity contribution in [2.45, 2.75) is 52.0 Å². The first-order valence-electron chi connectivity index (χ1n) is 9.35. The smallest absolute Gasteiger partial charge is 0.399 e. The Morgan fingerprint density at radius 1 is 1.03 bits per heavy atom. The molecule has 3 rings (SSSR count). The number of hydrogen-bond donors (Lipinski definition) is 1. The number of anilines is 1. The highest BCUT2D eigenvalue weighted by Crippen LogP contribution is 2.37. The minimum atomic E-state index is -4.59. The summed E-state index contributed by atoms with van der Waals surface area (Å²) in [5.74, 6) is -1.57. The third-order valence-electron chi connectivity index (χ3n) is 5.56. The fraction of sp³-hybridized carbons (Fsp3) is 0.381. The van der Waals surface area contributed by atoms with Gasteiger partial charge in [0.15, 0.2) is 0 Å². The molecular weight excluding hydrogens is 401 g/mol. The van der Waals surface area contributed by atoms with Gasteiger partial charge in [0.25, 0.3) is 5.91 Å². The van der Waals surface area contributed by atoms with Crippen LogP contribution in [-0.2, 0) is 15.5 Å². The number of nitrogens with one attached hydrogen (secondary N) is 1. The van der Waals surface area contributed by atoms with Gasteiger partial charge in [0.05, 0.1) is 22.5 Å². The van der Waals surface area contributed by atoms with Crippen molar-refractivity contribution >= 4 is 24.2 Å². The third-order valence-corrected chi connectivity index (χ3v) is 5.56. The summed E-state index contributed by atoms with van der Waals surface area (Å²) in [6, 6.07) is 6.54. The van der Waals surface area contributed by atoms with E-state index < -0.39 is 41.8 Å². The van der Waals surface area contributed by atoms with Gasteiger partial charge < -0.3 is 14.6 Å². The fourth-order valence-electron chi connectivity index (χ4n) is 3.04. The van der Waals surface area contributed by atoms with Crippen molar-refractivity contribution in [2.24, 2.45) is 0 Å². The van der Waals surface area contributed by atoms with Crippen LogP contribution in [0.4, 0.5) is 23.2 Å². The molecule has 0 unspecified atom stereocenters. The number of amides is 1. The zero-order valence-electron chi connectivity index (χ0n) is 17.3. The van der Waals surface area contributed by atoms with E-state index >= 15 is 0 Å². The molecule has 1 aliphatic heterocycles. The van der Waals surface area contributed by atoms with Crippen LogP contribution in [0, 0.1) is 12.7 Å². The predicted octanol–water partition coefficient (Wildman–Crippen LogP) is 4.70. The molecule has 0 saturated carbocycles. The Balaban J connectivity index is 1.89. The van der Waals surface area contributed by atoms with Crippen molar-refractivity contribution in [1.82, 2.24) is 0 Å². The highest BCUT2D eigenvalue weighted by molar-refractivity contribution is 6.62. The molecule has 1 fully saturated rings. The normalized spacial score (nSPS) is 17.8. The van der Waals surface area contributed by atoms with E-state index in [0.29, 0.717) is 11.0 Å². The summed E-state index contributed by atoms with van der Waals surface area (Å²) in [6.45, 7) is 9.19. The van der Waals surface area contributed by atoms with Crippen molar-refractivity contribution in [2.75, 3.05) is 5.32 Å². The number of carbonyl (C=O) groups excluding carboxylic acids is 1. The Labute approximate surface area is 172 Å². The van der Waals surface area contributed by atoms with Crippen LogP contribution >= 0.6 is 0 Å². The standard InChI is InChI=1S/C21H22BF4NO3/c1-12-9-16(23)17(11-15(12)22-29-19(2,3)20(4,5)30-22)27-18(28)13-7-6-8-14(10-13)21(24,25)26/h6-11H,1-5H3,(H,27,28). The van der Waals surface area contributed by atoms with Gasteiger partial charge in [0.1, 0.15) is 5.82 Å². The topological polar surface area (TPSA) is 47.6 Å². The lowest BCUT2D eigenvalue weighted by atomic mass is 9.76. The minimum Gasteiger partial charge on any atom is -0.399 e. The van der Waals surface area contributed by atoms with Gasteiger partial charge >= 0.3 is 13.3 Å². The summed E-state index contributed by atoms with van der Waals surface area (Å²) in [4.78, 5) is 12.5. The van der Waals surface area contributed by atoms with Crippen LogP contribution in [0.1, 0.15) is 49.2 Å². The van der Waals surface area contributed by atoms with Crippen LogP contribution in [-0.4, -0.2) is 24.2 Å². The van der Waals surface area contributed by atoms with Crippen molar-refractivity contribution in [3.63, 3.8) is 0 Å². The summed E-state index contributed by atoms with van der Waals surface area (Å²) in [7, 11) is -0.778. The number of rotatable bonds is 3. The Hall–Kier alpha value is -2.39. The van der Waals surface area contributed by atoms with E-state index in [9.17, 15) is 22.4 Å². The molecule has 2 aromatic rings. The first kappa shape index (κ1) is 22.3. The SMILES string of the molecule is Cc1cc(F)c(NC(=O)c2cccc(C(F)(F)F)c2)cc1B1OC(C)(C)C(C)(C)O1. The predicted molar refractivity (Wildman–Crippen MR) is 106 cm³/mol. The summed E-state index contributed by atoms with van der Waals surface area (Å²) in [5.41, 5.74) is -1.51. The molecule has 0 spiro atoms.